The molecular weight excluding hydrogens is 318 g/mol. The smallest absolute Gasteiger partial charge is 0.276 e. The molecule has 5 heteroatoms. The van der Waals surface area contributed by atoms with Crippen molar-refractivity contribution in [2.24, 2.45) is 0 Å². The first kappa shape index (κ1) is 16.4. The lowest BCUT2D eigenvalue weighted by molar-refractivity contribution is -0.385. The van der Waals surface area contributed by atoms with Gasteiger partial charge in [-0.15, -0.1) is 0 Å². The van der Waals surface area contributed by atoms with Crippen molar-refractivity contribution >= 4 is 34.9 Å². The zero-order valence-corrected chi connectivity index (χ0v) is 13.5. The predicted octanol–water partition coefficient (Wildman–Crippen LogP) is 4.90. The molecule has 0 saturated carbocycles. The van der Waals surface area contributed by atoms with Crippen LogP contribution in [-0.2, 0) is 0 Å². The Kier molecular flexibility index (Phi) is 4.57. The third-order valence-electron chi connectivity index (χ3n) is 3.74. The molecule has 0 radical (unpaired) electrons. The zero-order valence-electron chi connectivity index (χ0n) is 13.5. The average molecular weight is 333 g/mol. The molecule has 0 unspecified atom stereocenters. The van der Waals surface area contributed by atoms with Gasteiger partial charge in [0.05, 0.1) is 21.4 Å². The molecule has 0 aliphatic carbocycles. The number of nitro benzene ring substituents is 1. The summed E-state index contributed by atoms with van der Waals surface area (Å²) in [5.41, 5.74) is 1.19. The Balaban J connectivity index is 2.17. The fourth-order valence-electron chi connectivity index (χ4n) is 2.58. The van der Waals surface area contributed by atoms with Gasteiger partial charge in [-0.2, -0.15) is 0 Å². The highest BCUT2D eigenvalue weighted by molar-refractivity contribution is 5.83. The molecule has 3 aromatic rings. The maximum Gasteiger partial charge on any atom is 0.276 e. The average Bonchev–Trinajstić information content (AvgIpc) is 2.63. The van der Waals surface area contributed by atoms with Gasteiger partial charge in [0, 0.05) is 6.07 Å². The number of nitrogens with zero attached hydrogens (tertiary/aromatic N) is 1. The van der Waals surface area contributed by atoms with E-state index in [2.05, 4.69) is 0 Å². The van der Waals surface area contributed by atoms with Crippen molar-refractivity contribution in [1.29, 1.82) is 0 Å². The maximum atomic E-state index is 12.7. The van der Waals surface area contributed by atoms with Gasteiger partial charge in [0.15, 0.2) is 0 Å². The number of hydrogen-bond acceptors (Lipinski definition) is 4. The van der Waals surface area contributed by atoms with Crippen molar-refractivity contribution in [3.63, 3.8) is 0 Å². The van der Waals surface area contributed by atoms with Gasteiger partial charge >= 0.3 is 0 Å². The molecule has 0 aliphatic rings. The lowest BCUT2D eigenvalue weighted by atomic mass is 10.1. The molecule has 25 heavy (non-hydrogen) atoms. The minimum Gasteiger partial charge on any atom is -0.456 e. The molecule has 0 N–H and O–H groups in total. The second-order valence-corrected chi connectivity index (χ2v) is 5.35. The summed E-state index contributed by atoms with van der Waals surface area (Å²) >= 11 is 0. The van der Waals surface area contributed by atoms with E-state index in [1.807, 2.05) is 6.92 Å². The Hall–Kier alpha value is -3.47. The van der Waals surface area contributed by atoms with Crippen molar-refractivity contribution in [3.8, 4) is 0 Å². The summed E-state index contributed by atoms with van der Waals surface area (Å²) in [5.74, 6) is 0.361. The summed E-state index contributed by atoms with van der Waals surface area (Å²) in [6.07, 6.45) is 6.60. The summed E-state index contributed by atoms with van der Waals surface area (Å²) in [4.78, 5) is 23.3. The van der Waals surface area contributed by atoms with Crippen LogP contribution < -0.4 is 5.43 Å². The number of nitro groups is 1. The third-order valence-corrected chi connectivity index (χ3v) is 3.74. The van der Waals surface area contributed by atoms with Gasteiger partial charge < -0.3 is 4.42 Å². The van der Waals surface area contributed by atoms with Crippen molar-refractivity contribution in [2.75, 3.05) is 0 Å². The quantitative estimate of drug-likeness (QED) is 0.502. The summed E-state index contributed by atoms with van der Waals surface area (Å²) in [5, 5.41) is 11.6. The molecule has 0 aliphatic heterocycles. The van der Waals surface area contributed by atoms with E-state index in [0.29, 0.717) is 27.9 Å². The van der Waals surface area contributed by atoms with E-state index in [9.17, 15) is 14.9 Å². The summed E-state index contributed by atoms with van der Waals surface area (Å²) in [6.45, 7) is 1.81. The molecule has 3 rings (SSSR count). The van der Waals surface area contributed by atoms with E-state index in [0.717, 1.165) is 0 Å². The van der Waals surface area contributed by atoms with Gasteiger partial charge in [-0.3, -0.25) is 14.9 Å². The van der Waals surface area contributed by atoms with E-state index < -0.39 is 4.92 Å². The zero-order chi connectivity index (χ0) is 17.8. The standard InChI is InChI=1S/C20H15NO4/c1-2-7-15-19(25-18-11-6-4-9-16(18)20(15)22)13-12-14-8-3-5-10-17(14)21(23)24/h2-13H,1H3/b7-2+,13-12+. The summed E-state index contributed by atoms with van der Waals surface area (Å²) in [7, 11) is 0. The van der Waals surface area contributed by atoms with Crippen LogP contribution in [0, 0.1) is 10.1 Å². The van der Waals surface area contributed by atoms with Crippen LogP contribution in [-0.4, -0.2) is 4.92 Å². The van der Waals surface area contributed by atoms with Crippen LogP contribution in [0.15, 0.2) is 63.8 Å². The molecule has 124 valence electrons. The number of allylic oxidation sites excluding steroid dienone is 1. The Bertz CT molecular complexity index is 1060. The number of hydrogen-bond donors (Lipinski definition) is 0. The number of para-hydroxylation sites is 2. The molecule has 0 bridgehead atoms. The molecule has 5 nitrogen and oxygen atoms in total. The monoisotopic (exact) mass is 333 g/mol. The topological polar surface area (TPSA) is 73.3 Å². The first-order chi connectivity index (χ1) is 12.1. The fraction of sp³-hybridized carbons (Fsp3) is 0.0500. The number of rotatable bonds is 4. The SMILES string of the molecule is C/C=C/c1c(/C=C/c2ccccc2[N+](=O)[O-])oc2ccccc2c1=O. The summed E-state index contributed by atoms with van der Waals surface area (Å²) < 4.78 is 5.84. The highest BCUT2D eigenvalue weighted by Gasteiger charge is 2.12. The van der Waals surface area contributed by atoms with Crippen LogP contribution in [0.2, 0.25) is 0 Å². The number of benzene rings is 2. The van der Waals surface area contributed by atoms with E-state index in [1.165, 1.54) is 6.07 Å². The Morgan fingerprint density at radius 3 is 2.48 bits per heavy atom. The van der Waals surface area contributed by atoms with Gasteiger partial charge in [0.2, 0.25) is 5.43 Å². The van der Waals surface area contributed by atoms with Gasteiger partial charge in [-0.05, 0) is 37.3 Å². The Morgan fingerprint density at radius 1 is 1.00 bits per heavy atom. The largest absolute Gasteiger partial charge is 0.456 e. The lowest BCUT2D eigenvalue weighted by Gasteiger charge is -2.04. The molecule has 1 heterocycles. The number of fused-ring (bicyclic) bond motifs is 1. The second kappa shape index (κ2) is 6.97. The van der Waals surface area contributed by atoms with E-state index in [4.69, 9.17) is 4.42 Å². The van der Waals surface area contributed by atoms with Crippen molar-refractivity contribution in [2.45, 2.75) is 6.92 Å². The molecule has 0 amide bonds. The molecule has 1 aromatic heterocycles. The van der Waals surface area contributed by atoms with Crippen LogP contribution in [0.4, 0.5) is 5.69 Å². The van der Waals surface area contributed by atoms with E-state index in [-0.39, 0.29) is 11.1 Å². The lowest BCUT2D eigenvalue weighted by Crippen LogP contribution is -2.07. The first-order valence-electron chi connectivity index (χ1n) is 7.72. The third kappa shape index (κ3) is 3.26. The minimum atomic E-state index is -0.441. The van der Waals surface area contributed by atoms with Crippen LogP contribution in [0.3, 0.4) is 0 Å². The van der Waals surface area contributed by atoms with Crippen LogP contribution in [0.25, 0.3) is 29.2 Å². The van der Waals surface area contributed by atoms with Crippen molar-refractivity contribution in [3.05, 3.63) is 91.8 Å². The van der Waals surface area contributed by atoms with Gasteiger partial charge in [-0.1, -0.05) is 36.4 Å². The molecule has 0 spiro atoms. The van der Waals surface area contributed by atoms with Gasteiger partial charge in [-0.25, -0.2) is 0 Å². The Labute approximate surface area is 143 Å². The summed E-state index contributed by atoms with van der Waals surface area (Å²) in [6, 6.07) is 13.4. The predicted molar refractivity (Wildman–Crippen MR) is 99.2 cm³/mol. The molecular formula is C20H15NO4. The highest BCUT2D eigenvalue weighted by Crippen LogP contribution is 2.23. The first-order valence-corrected chi connectivity index (χ1v) is 7.72. The molecule has 0 saturated heterocycles. The molecule has 0 fully saturated rings. The van der Waals surface area contributed by atoms with Crippen molar-refractivity contribution < 1.29 is 9.34 Å². The molecule has 0 atom stereocenters. The minimum absolute atomic E-state index is 0.00512. The fourth-order valence-corrected chi connectivity index (χ4v) is 2.58. The highest BCUT2D eigenvalue weighted by atomic mass is 16.6. The van der Waals surface area contributed by atoms with Crippen LogP contribution in [0.1, 0.15) is 23.8 Å². The van der Waals surface area contributed by atoms with E-state index >= 15 is 0 Å². The van der Waals surface area contributed by atoms with Gasteiger partial charge in [0.25, 0.3) is 5.69 Å². The normalized spacial score (nSPS) is 11.6. The Morgan fingerprint density at radius 2 is 1.72 bits per heavy atom. The second-order valence-electron chi connectivity index (χ2n) is 5.35. The van der Waals surface area contributed by atoms with Gasteiger partial charge in [0.1, 0.15) is 11.3 Å². The maximum absolute atomic E-state index is 12.7. The van der Waals surface area contributed by atoms with Crippen LogP contribution in [0.5, 0.6) is 0 Å². The molecule has 2 aromatic carbocycles. The van der Waals surface area contributed by atoms with E-state index in [1.54, 1.807) is 66.8 Å². The van der Waals surface area contributed by atoms with Crippen molar-refractivity contribution in [1.82, 2.24) is 0 Å². The van der Waals surface area contributed by atoms with Crippen LogP contribution >= 0.6 is 0 Å².